The first-order valence-corrected chi connectivity index (χ1v) is 10.5. The number of aliphatic hydroxyl groups is 1. The molecule has 0 aliphatic rings. The maximum absolute atomic E-state index is 12.1. The van der Waals surface area contributed by atoms with E-state index in [0.29, 0.717) is 6.42 Å². The van der Waals surface area contributed by atoms with E-state index < -0.39 is 23.5 Å². The number of ether oxygens (including phenoxy) is 1. The number of carbonyl (C=O) groups is 3. The Morgan fingerprint density at radius 2 is 1.58 bits per heavy atom. The number of carbonyl (C=O) groups excluding carboxylic acids is 3. The summed E-state index contributed by atoms with van der Waals surface area (Å²) in [6, 6.07) is 17.6. The quantitative estimate of drug-likeness (QED) is 0.346. The van der Waals surface area contributed by atoms with Crippen molar-refractivity contribution >= 4 is 17.7 Å². The molecule has 2 aromatic rings. The van der Waals surface area contributed by atoms with Crippen LogP contribution in [-0.4, -0.2) is 41.0 Å². The van der Waals surface area contributed by atoms with E-state index in [-0.39, 0.29) is 31.7 Å². The third kappa shape index (κ3) is 9.13. The van der Waals surface area contributed by atoms with E-state index in [1.54, 1.807) is 0 Å². The molecule has 0 aliphatic heterocycles. The monoisotopic (exact) mass is 425 g/mol. The summed E-state index contributed by atoms with van der Waals surface area (Å²) in [6.45, 7) is 5.54. The highest BCUT2D eigenvalue weighted by Gasteiger charge is 2.20. The normalized spacial score (nSPS) is 12.1. The molecule has 2 rings (SSSR count). The molecule has 0 aromatic heterocycles. The third-order valence-electron chi connectivity index (χ3n) is 4.49. The van der Waals surface area contributed by atoms with E-state index in [1.807, 2.05) is 75.4 Å². The molecule has 0 radical (unpaired) electrons. The molecule has 0 aliphatic carbocycles. The molecule has 1 atom stereocenters. The largest absolute Gasteiger partial charge is 0.465 e. The van der Waals surface area contributed by atoms with Gasteiger partial charge >= 0.3 is 5.97 Å². The van der Waals surface area contributed by atoms with Crippen LogP contribution in [0.1, 0.15) is 45.6 Å². The predicted octanol–water partition coefficient (Wildman–Crippen LogP) is 3.45. The van der Waals surface area contributed by atoms with Gasteiger partial charge in [0, 0.05) is 12.0 Å². The van der Waals surface area contributed by atoms with Gasteiger partial charge in [-0.1, -0.05) is 54.6 Å². The van der Waals surface area contributed by atoms with Crippen LogP contribution in [0.4, 0.5) is 0 Å². The number of amides is 1. The van der Waals surface area contributed by atoms with Crippen molar-refractivity contribution in [2.45, 2.75) is 58.1 Å². The van der Waals surface area contributed by atoms with Gasteiger partial charge in [0.05, 0.1) is 6.61 Å². The van der Waals surface area contributed by atoms with Crippen LogP contribution >= 0.6 is 0 Å². The molecule has 2 aromatic carbocycles. The van der Waals surface area contributed by atoms with Gasteiger partial charge in [0.2, 0.25) is 5.91 Å². The summed E-state index contributed by atoms with van der Waals surface area (Å²) < 4.78 is 5.06. The highest BCUT2D eigenvalue weighted by atomic mass is 16.5. The predicted molar refractivity (Wildman–Crippen MR) is 119 cm³/mol. The second-order valence-corrected chi connectivity index (χ2v) is 8.57. The minimum atomic E-state index is -1.15. The summed E-state index contributed by atoms with van der Waals surface area (Å²) in [5, 5.41) is 12.5. The summed E-state index contributed by atoms with van der Waals surface area (Å²) in [5.41, 5.74) is 2.58. The van der Waals surface area contributed by atoms with Crippen molar-refractivity contribution in [1.29, 1.82) is 0 Å². The summed E-state index contributed by atoms with van der Waals surface area (Å²) in [7, 11) is 0. The summed E-state index contributed by atoms with van der Waals surface area (Å²) in [4.78, 5) is 35.8. The first kappa shape index (κ1) is 24.3. The number of hydrogen-bond donors (Lipinski definition) is 2. The standard InChI is InChI=1S/C25H31NO5/c1-25(2,3)26-24(30)22(28)10-7-15-31-23(29)17-21(27)16-18-11-13-20(14-12-18)19-8-5-4-6-9-19/h4-6,8-9,11-14,22,28H,7,10,15-17H2,1-3H3,(H,26,30)/t22-/m1/s1. The van der Waals surface area contributed by atoms with Gasteiger partial charge < -0.3 is 15.2 Å². The van der Waals surface area contributed by atoms with Crippen LogP contribution in [0.5, 0.6) is 0 Å². The number of benzene rings is 2. The van der Waals surface area contributed by atoms with Gasteiger partial charge in [-0.2, -0.15) is 0 Å². The van der Waals surface area contributed by atoms with Gasteiger partial charge in [-0.25, -0.2) is 0 Å². The highest BCUT2D eigenvalue weighted by molar-refractivity contribution is 5.96. The van der Waals surface area contributed by atoms with Crippen molar-refractivity contribution in [2.75, 3.05) is 6.61 Å². The Balaban J connectivity index is 1.68. The van der Waals surface area contributed by atoms with E-state index in [4.69, 9.17) is 4.74 Å². The van der Waals surface area contributed by atoms with Gasteiger partial charge in [-0.15, -0.1) is 0 Å². The number of rotatable bonds is 10. The molecule has 166 valence electrons. The van der Waals surface area contributed by atoms with Crippen LogP contribution < -0.4 is 5.32 Å². The maximum Gasteiger partial charge on any atom is 0.313 e. The van der Waals surface area contributed by atoms with E-state index in [2.05, 4.69) is 5.32 Å². The Hall–Kier alpha value is -2.99. The zero-order valence-corrected chi connectivity index (χ0v) is 18.4. The molecule has 1 amide bonds. The highest BCUT2D eigenvalue weighted by Crippen LogP contribution is 2.19. The average molecular weight is 426 g/mol. The number of esters is 1. The smallest absolute Gasteiger partial charge is 0.313 e. The van der Waals surface area contributed by atoms with Crippen molar-refractivity contribution < 1.29 is 24.2 Å². The molecule has 6 nitrogen and oxygen atoms in total. The van der Waals surface area contributed by atoms with Gasteiger partial charge in [0.1, 0.15) is 18.3 Å². The van der Waals surface area contributed by atoms with Crippen molar-refractivity contribution in [2.24, 2.45) is 0 Å². The number of Topliss-reactive ketones (excluding diaryl/α,β-unsaturated/α-hetero) is 1. The minimum Gasteiger partial charge on any atom is -0.465 e. The van der Waals surface area contributed by atoms with E-state index >= 15 is 0 Å². The molecule has 2 N–H and O–H groups in total. The van der Waals surface area contributed by atoms with Crippen molar-refractivity contribution in [1.82, 2.24) is 5.32 Å². The molecular weight excluding hydrogens is 394 g/mol. The van der Waals surface area contributed by atoms with Gasteiger partial charge in [-0.3, -0.25) is 14.4 Å². The first-order chi connectivity index (χ1) is 14.6. The fourth-order valence-corrected chi connectivity index (χ4v) is 2.99. The molecule has 31 heavy (non-hydrogen) atoms. The van der Waals surface area contributed by atoms with Crippen LogP contribution in [0.25, 0.3) is 11.1 Å². The molecule has 0 bridgehead atoms. The Bertz CT molecular complexity index is 869. The van der Waals surface area contributed by atoms with Crippen LogP contribution in [0.2, 0.25) is 0 Å². The summed E-state index contributed by atoms with van der Waals surface area (Å²) in [6.07, 6.45) is -0.779. The van der Waals surface area contributed by atoms with Crippen LogP contribution in [0.3, 0.4) is 0 Å². The summed E-state index contributed by atoms with van der Waals surface area (Å²) in [5.74, 6) is -1.27. The van der Waals surface area contributed by atoms with E-state index in [0.717, 1.165) is 16.7 Å². The van der Waals surface area contributed by atoms with E-state index in [1.165, 1.54) is 0 Å². The first-order valence-electron chi connectivity index (χ1n) is 10.5. The summed E-state index contributed by atoms with van der Waals surface area (Å²) >= 11 is 0. The van der Waals surface area contributed by atoms with Crippen LogP contribution in [-0.2, 0) is 25.5 Å². The topological polar surface area (TPSA) is 92.7 Å². The number of nitrogens with one attached hydrogen (secondary N) is 1. The van der Waals surface area contributed by atoms with Crippen LogP contribution in [0, 0.1) is 0 Å². The third-order valence-corrected chi connectivity index (χ3v) is 4.49. The second-order valence-electron chi connectivity index (χ2n) is 8.57. The lowest BCUT2D eigenvalue weighted by atomic mass is 10.0. The van der Waals surface area contributed by atoms with Crippen molar-refractivity contribution in [3.63, 3.8) is 0 Å². The number of aliphatic hydroxyl groups excluding tert-OH is 1. The fraction of sp³-hybridized carbons (Fsp3) is 0.400. The lowest BCUT2D eigenvalue weighted by molar-refractivity contribution is -0.146. The van der Waals surface area contributed by atoms with E-state index in [9.17, 15) is 19.5 Å². The Kier molecular flexibility index (Phi) is 8.94. The van der Waals surface area contributed by atoms with Crippen LogP contribution in [0.15, 0.2) is 54.6 Å². The number of hydrogen-bond acceptors (Lipinski definition) is 5. The zero-order valence-electron chi connectivity index (χ0n) is 18.4. The zero-order chi connectivity index (χ0) is 22.9. The SMILES string of the molecule is CC(C)(C)NC(=O)[C@H](O)CCCOC(=O)CC(=O)Cc1ccc(-c2ccccc2)cc1. The van der Waals surface area contributed by atoms with Crippen molar-refractivity contribution in [3.05, 3.63) is 60.2 Å². The molecule has 0 unspecified atom stereocenters. The average Bonchev–Trinajstić information content (AvgIpc) is 2.71. The Morgan fingerprint density at radius 3 is 2.19 bits per heavy atom. The maximum atomic E-state index is 12.1. The van der Waals surface area contributed by atoms with Gasteiger partial charge in [0.15, 0.2) is 0 Å². The Morgan fingerprint density at radius 1 is 0.968 bits per heavy atom. The fourth-order valence-electron chi connectivity index (χ4n) is 2.99. The lowest BCUT2D eigenvalue weighted by Crippen LogP contribution is -2.45. The molecule has 0 fully saturated rings. The van der Waals surface area contributed by atoms with Gasteiger partial charge in [0.25, 0.3) is 0 Å². The molecule has 0 spiro atoms. The lowest BCUT2D eigenvalue weighted by Gasteiger charge is -2.22. The minimum absolute atomic E-state index is 0.0533. The molecular formula is C25H31NO5. The molecule has 0 saturated heterocycles. The molecule has 0 saturated carbocycles. The number of ketones is 1. The van der Waals surface area contributed by atoms with Crippen molar-refractivity contribution in [3.8, 4) is 11.1 Å². The molecule has 6 heteroatoms. The second kappa shape index (κ2) is 11.4. The Labute approximate surface area is 183 Å². The van der Waals surface area contributed by atoms with Gasteiger partial charge in [-0.05, 0) is 50.3 Å². The molecule has 0 heterocycles.